The van der Waals surface area contributed by atoms with E-state index in [0.717, 1.165) is 23.4 Å². The Labute approximate surface area is 132 Å². The summed E-state index contributed by atoms with van der Waals surface area (Å²) in [5, 5.41) is 6.15. The highest BCUT2D eigenvalue weighted by Crippen LogP contribution is 2.10. The second-order valence-electron chi connectivity index (χ2n) is 5.43. The molecule has 1 N–H and O–H groups in total. The van der Waals surface area contributed by atoms with Crippen LogP contribution in [0.4, 0.5) is 0 Å². The Hall–Kier alpha value is -1.16. The number of nitrogens with zero attached hydrogens (tertiary/aromatic N) is 1. The fourth-order valence-corrected chi connectivity index (χ4v) is 2.84. The molecule has 1 aromatic heterocycles. The molecule has 4 heteroatoms. The molecule has 3 nitrogen and oxygen atoms in total. The molecule has 21 heavy (non-hydrogen) atoms. The van der Waals surface area contributed by atoms with Gasteiger partial charge in [0, 0.05) is 11.3 Å². The van der Waals surface area contributed by atoms with E-state index in [2.05, 4.69) is 17.5 Å². The van der Waals surface area contributed by atoms with Crippen LogP contribution in [0.15, 0.2) is 22.6 Å². The highest BCUT2D eigenvalue weighted by Gasteiger charge is 2.02. The Morgan fingerprint density at radius 2 is 1.81 bits per heavy atom. The van der Waals surface area contributed by atoms with Gasteiger partial charge in [-0.1, -0.05) is 57.9 Å². The van der Waals surface area contributed by atoms with Crippen LogP contribution in [0.5, 0.6) is 0 Å². The van der Waals surface area contributed by atoms with Crippen LogP contribution in [0.1, 0.15) is 76.5 Å². The zero-order valence-corrected chi connectivity index (χ0v) is 14.2. The molecule has 1 rings (SSSR count). The number of rotatable bonds is 11. The van der Waals surface area contributed by atoms with Crippen molar-refractivity contribution in [3.05, 3.63) is 22.4 Å². The third-order valence-corrected chi connectivity index (χ3v) is 4.46. The maximum absolute atomic E-state index is 11.7. The lowest BCUT2D eigenvalue weighted by Gasteiger charge is -2.02. The summed E-state index contributed by atoms with van der Waals surface area (Å²) in [6.07, 6.45) is 10.6. The molecule has 0 radical (unpaired) electrons. The minimum Gasteiger partial charge on any atom is -0.273 e. The average Bonchev–Trinajstić information content (AvgIpc) is 3.02. The van der Waals surface area contributed by atoms with Gasteiger partial charge in [0.15, 0.2) is 0 Å². The fraction of sp³-hybridized carbons (Fsp3) is 0.647. The Bertz CT molecular complexity index is 412. The topological polar surface area (TPSA) is 41.5 Å². The van der Waals surface area contributed by atoms with Crippen molar-refractivity contribution in [2.24, 2.45) is 5.10 Å². The Morgan fingerprint density at radius 1 is 1.14 bits per heavy atom. The second-order valence-corrected chi connectivity index (χ2v) is 6.38. The number of carbonyl (C=O) groups excluding carboxylic acids is 1. The lowest BCUT2D eigenvalue weighted by Crippen LogP contribution is -2.18. The third kappa shape index (κ3) is 8.66. The van der Waals surface area contributed by atoms with Crippen LogP contribution in [0.25, 0.3) is 0 Å². The summed E-state index contributed by atoms with van der Waals surface area (Å²) in [4.78, 5) is 12.8. The number of hydrogen-bond acceptors (Lipinski definition) is 3. The maximum Gasteiger partial charge on any atom is 0.240 e. The molecular formula is C17H28N2OS. The zero-order chi connectivity index (χ0) is 15.3. The van der Waals surface area contributed by atoms with Crippen molar-refractivity contribution >= 4 is 23.0 Å². The van der Waals surface area contributed by atoms with Gasteiger partial charge in [0.1, 0.15) is 0 Å². The number of unbranched alkanes of at least 4 members (excludes halogenated alkanes) is 7. The summed E-state index contributed by atoms with van der Waals surface area (Å²) in [6, 6.07) is 4.00. The van der Waals surface area contributed by atoms with Crippen molar-refractivity contribution in [1.29, 1.82) is 0 Å². The van der Waals surface area contributed by atoms with E-state index < -0.39 is 0 Å². The number of hydrazone groups is 1. The normalized spacial score (nSPS) is 11.6. The van der Waals surface area contributed by atoms with Crippen molar-refractivity contribution < 1.29 is 4.79 Å². The smallest absolute Gasteiger partial charge is 0.240 e. The molecule has 0 unspecified atom stereocenters. The van der Waals surface area contributed by atoms with Gasteiger partial charge in [-0.3, -0.25) is 4.79 Å². The van der Waals surface area contributed by atoms with Crippen molar-refractivity contribution in [1.82, 2.24) is 5.43 Å². The number of nitrogens with one attached hydrogen (secondary N) is 1. The molecule has 1 aromatic rings. The highest BCUT2D eigenvalue weighted by atomic mass is 32.1. The van der Waals surface area contributed by atoms with Gasteiger partial charge in [-0.15, -0.1) is 11.3 Å². The molecule has 0 saturated heterocycles. The van der Waals surface area contributed by atoms with Crippen LogP contribution in [0.3, 0.4) is 0 Å². The molecule has 0 spiro atoms. The SMILES string of the molecule is CCCCCCCCCCC(=O)NN=C(C)c1cccs1. The van der Waals surface area contributed by atoms with Gasteiger partial charge in [0.05, 0.1) is 5.71 Å². The molecule has 118 valence electrons. The zero-order valence-electron chi connectivity index (χ0n) is 13.4. The van der Waals surface area contributed by atoms with Crippen LogP contribution < -0.4 is 5.43 Å². The van der Waals surface area contributed by atoms with Gasteiger partial charge < -0.3 is 0 Å². The lowest BCUT2D eigenvalue weighted by atomic mass is 10.1. The van der Waals surface area contributed by atoms with E-state index in [1.54, 1.807) is 11.3 Å². The molecule has 1 amide bonds. The van der Waals surface area contributed by atoms with Crippen LogP contribution in [-0.2, 0) is 4.79 Å². The van der Waals surface area contributed by atoms with E-state index in [9.17, 15) is 4.79 Å². The quantitative estimate of drug-likeness (QED) is 0.344. The monoisotopic (exact) mass is 308 g/mol. The lowest BCUT2D eigenvalue weighted by molar-refractivity contribution is -0.121. The van der Waals surface area contributed by atoms with Crippen LogP contribution in [-0.4, -0.2) is 11.6 Å². The summed E-state index contributed by atoms with van der Waals surface area (Å²) in [5.41, 5.74) is 3.51. The van der Waals surface area contributed by atoms with Gasteiger partial charge in [-0.05, 0) is 24.8 Å². The standard InChI is InChI=1S/C17H28N2OS/c1-3-4-5-6-7-8-9-10-13-17(20)19-18-15(2)16-12-11-14-21-16/h11-12,14H,3-10,13H2,1-2H3,(H,19,20). The first kappa shape index (κ1) is 17.9. The van der Waals surface area contributed by atoms with Gasteiger partial charge in [-0.25, -0.2) is 5.43 Å². The molecule has 0 fully saturated rings. The van der Waals surface area contributed by atoms with Gasteiger partial charge in [0.25, 0.3) is 0 Å². The molecule has 0 aliphatic heterocycles. The Kier molecular flexibility index (Phi) is 9.79. The van der Waals surface area contributed by atoms with E-state index in [4.69, 9.17) is 0 Å². The van der Waals surface area contributed by atoms with Crippen molar-refractivity contribution in [3.8, 4) is 0 Å². The summed E-state index contributed by atoms with van der Waals surface area (Å²) < 4.78 is 0. The van der Waals surface area contributed by atoms with Gasteiger partial charge >= 0.3 is 0 Å². The predicted molar refractivity (Wildman–Crippen MR) is 91.9 cm³/mol. The number of hydrogen-bond donors (Lipinski definition) is 1. The van der Waals surface area contributed by atoms with Crippen LogP contribution in [0, 0.1) is 0 Å². The summed E-state index contributed by atoms with van der Waals surface area (Å²) >= 11 is 1.63. The molecule has 0 aromatic carbocycles. The number of carbonyl (C=O) groups is 1. The minimum absolute atomic E-state index is 0.0249. The van der Waals surface area contributed by atoms with E-state index in [1.165, 1.54) is 38.5 Å². The molecule has 0 bridgehead atoms. The van der Waals surface area contributed by atoms with Crippen molar-refractivity contribution in [2.45, 2.75) is 71.6 Å². The number of thiophene rings is 1. The second kappa shape index (κ2) is 11.5. The molecule has 0 aliphatic carbocycles. The van der Waals surface area contributed by atoms with E-state index >= 15 is 0 Å². The fourth-order valence-electron chi connectivity index (χ4n) is 2.16. The first-order valence-corrected chi connectivity index (χ1v) is 8.99. The predicted octanol–water partition coefficient (Wildman–Crippen LogP) is 5.12. The third-order valence-electron chi connectivity index (χ3n) is 3.48. The molecule has 0 saturated carbocycles. The molecular weight excluding hydrogens is 280 g/mol. The van der Waals surface area contributed by atoms with Crippen molar-refractivity contribution in [2.75, 3.05) is 0 Å². The van der Waals surface area contributed by atoms with Crippen LogP contribution >= 0.6 is 11.3 Å². The van der Waals surface area contributed by atoms with Crippen LogP contribution in [0.2, 0.25) is 0 Å². The summed E-state index contributed by atoms with van der Waals surface area (Å²) in [7, 11) is 0. The first-order valence-electron chi connectivity index (χ1n) is 8.11. The van der Waals surface area contributed by atoms with Crippen molar-refractivity contribution in [3.63, 3.8) is 0 Å². The van der Waals surface area contributed by atoms with E-state index in [1.807, 2.05) is 24.4 Å². The minimum atomic E-state index is 0.0249. The van der Waals surface area contributed by atoms with E-state index in [0.29, 0.717) is 6.42 Å². The van der Waals surface area contributed by atoms with Gasteiger partial charge in [0.2, 0.25) is 5.91 Å². The summed E-state index contributed by atoms with van der Waals surface area (Å²) in [5.74, 6) is 0.0249. The first-order chi connectivity index (χ1) is 10.2. The summed E-state index contributed by atoms with van der Waals surface area (Å²) in [6.45, 7) is 4.16. The molecule has 0 aliphatic rings. The highest BCUT2D eigenvalue weighted by molar-refractivity contribution is 7.12. The maximum atomic E-state index is 11.7. The number of amides is 1. The largest absolute Gasteiger partial charge is 0.273 e. The molecule has 1 heterocycles. The van der Waals surface area contributed by atoms with E-state index in [-0.39, 0.29) is 5.91 Å². The Morgan fingerprint density at radius 3 is 2.43 bits per heavy atom. The van der Waals surface area contributed by atoms with Gasteiger partial charge in [-0.2, -0.15) is 5.10 Å². The molecule has 0 atom stereocenters. The average molecular weight is 308 g/mol. The Balaban J connectivity index is 2.03.